The number of hydrogen-bond acceptors (Lipinski definition) is 2. The van der Waals surface area contributed by atoms with E-state index >= 15 is 0 Å². The monoisotopic (exact) mass is 302 g/mol. The second-order valence-corrected chi connectivity index (χ2v) is 9.64. The number of aliphatic hydroxyl groups excluding tert-OH is 1. The molecule has 0 heterocycles. The first-order valence-electron chi connectivity index (χ1n) is 9.13. The summed E-state index contributed by atoms with van der Waals surface area (Å²) in [6.07, 6.45) is 12.2. The summed E-state index contributed by atoms with van der Waals surface area (Å²) in [5.41, 5.74) is 0.358. The van der Waals surface area contributed by atoms with E-state index in [1.807, 2.05) is 0 Å². The van der Waals surface area contributed by atoms with Gasteiger partial charge in [-0.3, -0.25) is 4.79 Å². The van der Waals surface area contributed by atoms with Gasteiger partial charge in [0.2, 0.25) is 0 Å². The molecule has 4 aliphatic rings. The fourth-order valence-corrected chi connectivity index (χ4v) is 7.10. The highest BCUT2D eigenvalue weighted by molar-refractivity contribution is 5.86. The molecule has 1 spiro atoms. The SMILES string of the molecule is CC1(C)CCC(=O)[C@]2(C)[C@@H]1CC[C@@]13C=C[C@@](CO)(CC[C@H]12)C3. The van der Waals surface area contributed by atoms with Crippen LogP contribution >= 0.6 is 0 Å². The zero-order valence-corrected chi connectivity index (χ0v) is 14.3. The van der Waals surface area contributed by atoms with Gasteiger partial charge in [-0.05, 0) is 61.2 Å². The average Bonchev–Trinajstić information content (AvgIpc) is 2.76. The normalized spacial score (nSPS) is 52.3. The van der Waals surface area contributed by atoms with Crippen LogP contribution in [0.15, 0.2) is 12.2 Å². The van der Waals surface area contributed by atoms with Gasteiger partial charge in [0.15, 0.2) is 0 Å². The van der Waals surface area contributed by atoms with Crippen LogP contribution in [0.25, 0.3) is 0 Å². The summed E-state index contributed by atoms with van der Waals surface area (Å²) in [5.74, 6) is 1.55. The third-order valence-corrected chi connectivity index (χ3v) is 8.28. The number of carbonyl (C=O) groups excluding carboxylic acids is 1. The molecule has 0 aliphatic heterocycles. The van der Waals surface area contributed by atoms with Crippen molar-refractivity contribution in [1.29, 1.82) is 0 Å². The minimum absolute atomic E-state index is 0.0208. The van der Waals surface area contributed by atoms with E-state index in [9.17, 15) is 9.90 Å². The van der Waals surface area contributed by atoms with Crippen molar-refractivity contribution in [3.8, 4) is 0 Å². The second-order valence-electron chi connectivity index (χ2n) is 9.64. The van der Waals surface area contributed by atoms with Crippen LogP contribution in [0.4, 0.5) is 0 Å². The molecule has 0 saturated heterocycles. The zero-order chi connectivity index (χ0) is 15.8. The molecule has 0 radical (unpaired) electrons. The Morgan fingerprint density at radius 2 is 1.82 bits per heavy atom. The maximum absolute atomic E-state index is 13.0. The fourth-order valence-electron chi connectivity index (χ4n) is 7.10. The van der Waals surface area contributed by atoms with Crippen molar-refractivity contribution < 1.29 is 9.90 Å². The summed E-state index contributed by atoms with van der Waals surface area (Å²) in [6.45, 7) is 7.33. The van der Waals surface area contributed by atoms with Crippen LogP contribution in [0.5, 0.6) is 0 Å². The molecule has 3 fully saturated rings. The molecule has 2 heteroatoms. The minimum atomic E-state index is -0.143. The smallest absolute Gasteiger partial charge is 0.139 e. The van der Waals surface area contributed by atoms with Gasteiger partial charge in [-0.1, -0.05) is 32.9 Å². The number of carbonyl (C=O) groups is 1. The predicted molar refractivity (Wildman–Crippen MR) is 87.3 cm³/mol. The Balaban J connectivity index is 1.78. The van der Waals surface area contributed by atoms with E-state index in [4.69, 9.17) is 0 Å². The Morgan fingerprint density at radius 3 is 2.55 bits per heavy atom. The van der Waals surface area contributed by atoms with Gasteiger partial charge in [0, 0.05) is 17.3 Å². The Bertz CT molecular complexity index is 548. The molecule has 5 atom stereocenters. The van der Waals surface area contributed by atoms with Gasteiger partial charge < -0.3 is 5.11 Å². The average molecular weight is 302 g/mol. The molecular weight excluding hydrogens is 272 g/mol. The second kappa shape index (κ2) is 4.26. The molecule has 0 aromatic rings. The van der Waals surface area contributed by atoms with Gasteiger partial charge in [0.25, 0.3) is 0 Å². The summed E-state index contributed by atoms with van der Waals surface area (Å²) in [6, 6.07) is 0. The number of aliphatic hydroxyl groups is 1. The highest BCUT2D eigenvalue weighted by Gasteiger charge is 2.66. The fraction of sp³-hybridized carbons (Fsp3) is 0.850. The van der Waals surface area contributed by atoms with Crippen LogP contribution in [0.1, 0.15) is 65.7 Å². The van der Waals surface area contributed by atoms with E-state index in [1.54, 1.807) is 0 Å². The molecule has 0 aromatic carbocycles. The highest BCUT2D eigenvalue weighted by atomic mass is 16.3. The number of Topliss-reactive ketones (excluding diaryl/α,β-unsaturated/α-hetero) is 1. The quantitative estimate of drug-likeness (QED) is 0.740. The lowest BCUT2D eigenvalue weighted by atomic mass is 9.40. The first-order valence-corrected chi connectivity index (χ1v) is 9.13. The van der Waals surface area contributed by atoms with Crippen molar-refractivity contribution in [1.82, 2.24) is 0 Å². The van der Waals surface area contributed by atoms with E-state index in [0.717, 1.165) is 32.1 Å². The largest absolute Gasteiger partial charge is 0.395 e. The molecule has 4 aliphatic carbocycles. The van der Waals surface area contributed by atoms with Gasteiger partial charge in [0.05, 0.1) is 6.61 Å². The first-order chi connectivity index (χ1) is 10.3. The third kappa shape index (κ3) is 1.63. The van der Waals surface area contributed by atoms with E-state index in [-0.39, 0.29) is 28.3 Å². The molecule has 122 valence electrons. The maximum atomic E-state index is 13.0. The molecule has 0 aromatic heterocycles. The zero-order valence-electron chi connectivity index (χ0n) is 14.3. The van der Waals surface area contributed by atoms with Crippen molar-refractivity contribution in [2.75, 3.05) is 6.61 Å². The van der Waals surface area contributed by atoms with Crippen molar-refractivity contribution >= 4 is 5.78 Å². The maximum Gasteiger partial charge on any atom is 0.139 e. The van der Waals surface area contributed by atoms with Crippen molar-refractivity contribution in [3.63, 3.8) is 0 Å². The molecule has 2 bridgehead atoms. The Kier molecular flexibility index (Phi) is 2.89. The van der Waals surface area contributed by atoms with Crippen LogP contribution in [-0.4, -0.2) is 17.5 Å². The minimum Gasteiger partial charge on any atom is -0.395 e. The number of allylic oxidation sites excluding steroid dienone is 1. The number of fused-ring (bicyclic) bond motifs is 3. The molecule has 2 nitrogen and oxygen atoms in total. The van der Waals surface area contributed by atoms with Gasteiger partial charge in [-0.2, -0.15) is 0 Å². The van der Waals surface area contributed by atoms with E-state index in [1.165, 1.54) is 12.8 Å². The predicted octanol–water partition coefficient (Wildman–Crippen LogP) is 4.13. The standard InChI is InChI=1S/C20H30O2/c1-17(2)7-6-16(22)18(3)14(17)5-9-20-11-10-19(12-20,13-21)8-4-15(18)20/h10-11,14-15,21H,4-9,12-13H2,1-3H3/t14-,15+,18-,19+,20+/m1/s1. The molecule has 0 unspecified atom stereocenters. The lowest BCUT2D eigenvalue weighted by molar-refractivity contribution is -0.170. The lowest BCUT2D eigenvalue weighted by Crippen LogP contribution is -2.60. The summed E-state index contributed by atoms with van der Waals surface area (Å²) in [7, 11) is 0. The Morgan fingerprint density at radius 1 is 1.09 bits per heavy atom. The van der Waals surface area contributed by atoms with E-state index < -0.39 is 0 Å². The van der Waals surface area contributed by atoms with Crippen LogP contribution in [0.3, 0.4) is 0 Å². The first kappa shape index (κ1) is 14.9. The van der Waals surface area contributed by atoms with Crippen LogP contribution in [0, 0.1) is 33.5 Å². The third-order valence-electron chi connectivity index (χ3n) is 8.28. The molecule has 1 N–H and O–H groups in total. The summed E-state index contributed by atoms with van der Waals surface area (Å²) in [4.78, 5) is 13.0. The number of rotatable bonds is 1. The van der Waals surface area contributed by atoms with Crippen molar-refractivity contribution in [2.45, 2.75) is 65.7 Å². The lowest BCUT2D eigenvalue weighted by Gasteiger charge is -2.63. The molecular formula is C20H30O2. The Hall–Kier alpha value is -0.630. The van der Waals surface area contributed by atoms with E-state index in [2.05, 4.69) is 32.9 Å². The molecule has 4 rings (SSSR count). The Labute approximate surface area is 134 Å². The van der Waals surface area contributed by atoms with Crippen molar-refractivity contribution in [2.24, 2.45) is 33.5 Å². The number of hydrogen-bond donors (Lipinski definition) is 1. The molecule has 0 amide bonds. The van der Waals surface area contributed by atoms with E-state index in [0.29, 0.717) is 17.6 Å². The summed E-state index contributed by atoms with van der Waals surface area (Å²) in [5, 5.41) is 9.87. The van der Waals surface area contributed by atoms with Crippen LogP contribution in [-0.2, 0) is 4.79 Å². The highest BCUT2D eigenvalue weighted by Crippen LogP contribution is 2.70. The summed E-state index contributed by atoms with van der Waals surface area (Å²) < 4.78 is 0. The van der Waals surface area contributed by atoms with Gasteiger partial charge in [-0.15, -0.1) is 0 Å². The topological polar surface area (TPSA) is 37.3 Å². The number of ketones is 1. The van der Waals surface area contributed by atoms with Gasteiger partial charge in [0.1, 0.15) is 5.78 Å². The van der Waals surface area contributed by atoms with Crippen molar-refractivity contribution in [3.05, 3.63) is 12.2 Å². The molecule has 22 heavy (non-hydrogen) atoms. The van der Waals surface area contributed by atoms with Crippen LogP contribution in [0.2, 0.25) is 0 Å². The summed E-state index contributed by atoms with van der Waals surface area (Å²) >= 11 is 0. The molecule has 3 saturated carbocycles. The van der Waals surface area contributed by atoms with Crippen LogP contribution < -0.4 is 0 Å². The van der Waals surface area contributed by atoms with Gasteiger partial charge in [-0.25, -0.2) is 0 Å². The van der Waals surface area contributed by atoms with Gasteiger partial charge >= 0.3 is 0 Å².